The first kappa shape index (κ1) is 12.8. The van der Waals surface area contributed by atoms with E-state index in [-0.39, 0.29) is 6.09 Å². The Balaban J connectivity index is 2.36. The molecule has 1 saturated heterocycles. The molecule has 1 amide bonds. The zero-order valence-corrected chi connectivity index (χ0v) is 10.3. The molecule has 1 unspecified atom stereocenters. The summed E-state index contributed by atoms with van der Waals surface area (Å²) in [6, 6.07) is 0. The Morgan fingerprint density at radius 1 is 1.56 bits per heavy atom. The highest BCUT2D eigenvalue weighted by Crippen LogP contribution is 2.21. The van der Waals surface area contributed by atoms with Gasteiger partial charge in [0, 0.05) is 19.5 Å². The monoisotopic (exact) mass is 224 g/mol. The van der Waals surface area contributed by atoms with Gasteiger partial charge >= 0.3 is 6.09 Å². The third-order valence-electron chi connectivity index (χ3n) is 2.59. The van der Waals surface area contributed by atoms with Crippen molar-refractivity contribution in [2.24, 2.45) is 5.92 Å². The van der Waals surface area contributed by atoms with Gasteiger partial charge in [0.15, 0.2) is 0 Å². The standard InChI is InChI=1S/C12H20N2O2/c1-12(2,3)16-11(15)14-8-6-10(9-14)5-7-13-4/h10H,5-9H2,1-3H3. The third kappa shape index (κ3) is 4.09. The number of amides is 1. The average Bonchev–Trinajstić information content (AvgIpc) is 2.60. The number of hydrogen-bond acceptors (Lipinski definition) is 2. The Morgan fingerprint density at radius 3 is 2.81 bits per heavy atom. The van der Waals surface area contributed by atoms with Gasteiger partial charge in [0.25, 0.3) is 0 Å². The number of hydrogen-bond donors (Lipinski definition) is 0. The first-order chi connectivity index (χ1) is 7.42. The zero-order chi connectivity index (χ0) is 12.2. The maximum Gasteiger partial charge on any atom is 0.410 e. The maximum atomic E-state index is 11.7. The second kappa shape index (κ2) is 5.20. The van der Waals surface area contributed by atoms with Gasteiger partial charge in [0.1, 0.15) is 5.60 Å². The van der Waals surface area contributed by atoms with Crippen LogP contribution < -0.4 is 0 Å². The highest BCUT2D eigenvalue weighted by atomic mass is 16.6. The van der Waals surface area contributed by atoms with E-state index in [0.717, 1.165) is 25.9 Å². The maximum absolute atomic E-state index is 11.7. The van der Waals surface area contributed by atoms with Gasteiger partial charge in [-0.2, -0.15) is 0 Å². The lowest BCUT2D eigenvalue weighted by Crippen LogP contribution is -2.35. The van der Waals surface area contributed by atoms with Crippen LogP contribution in [0.15, 0.2) is 0 Å². The normalized spacial score (nSPS) is 20.6. The lowest BCUT2D eigenvalue weighted by atomic mass is 10.1. The Kier molecular flexibility index (Phi) is 4.17. The van der Waals surface area contributed by atoms with Gasteiger partial charge < -0.3 is 14.5 Å². The van der Waals surface area contributed by atoms with Crippen LogP contribution in [0.2, 0.25) is 0 Å². The Labute approximate surface area is 97.4 Å². The highest BCUT2D eigenvalue weighted by Gasteiger charge is 2.29. The molecule has 0 aliphatic carbocycles. The van der Waals surface area contributed by atoms with Gasteiger partial charge in [-0.25, -0.2) is 11.4 Å². The summed E-state index contributed by atoms with van der Waals surface area (Å²) in [4.78, 5) is 16.8. The molecule has 16 heavy (non-hydrogen) atoms. The molecule has 0 N–H and O–H groups in total. The molecule has 0 radical (unpaired) electrons. The fourth-order valence-electron chi connectivity index (χ4n) is 1.81. The number of nitrogens with zero attached hydrogens (tertiary/aromatic N) is 2. The largest absolute Gasteiger partial charge is 0.444 e. The average molecular weight is 224 g/mol. The number of ether oxygens (including phenoxy) is 1. The van der Waals surface area contributed by atoms with E-state index >= 15 is 0 Å². The first-order valence-corrected chi connectivity index (χ1v) is 5.73. The van der Waals surface area contributed by atoms with E-state index in [2.05, 4.69) is 4.85 Å². The van der Waals surface area contributed by atoms with Crippen molar-refractivity contribution in [3.8, 4) is 0 Å². The summed E-state index contributed by atoms with van der Waals surface area (Å²) in [7, 11) is 0. The minimum absolute atomic E-state index is 0.224. The van der Waals surface area contributed by atoms with Crippen LogP contribution in [0.25, 0.3) is 4.85 Å². The summed E-state index contributed by atoms with van der Waals surface area (Å²) < 4.78 is 5.30. The van der Waals surface area contributed by atoms with E-state index in [0.29, 0.717) is 12.5 Å². The lowest BCUT2D eigenvalue weighted by Gasteiger charge is -2.24. The van der Waals surface area contributed by atoms with Crippen LogP contribution in [-0.4, -0.2) is 36.2 Å². The smallest absolute Gasteiger partial charge is 0.410 e. The zero-order valence-electron chi connectivity index (χ0n) is 10.3. The minimum atomic E-state index is -0.425. The van der Waals surface area contributed by atoms with Gasteiger partial charge in [-0.3, -0.25) is 0 Å². The van der Waals surface area contributed by atoms with Crippen molar-refractivity contribution in [2.45, 2.75) is 39.2 Å². The quantitative estimate of drug-likeness (QED) is 0.675. The molecule has 0 bridgehead atoms. The molecule has 0 aromatic heterocycles. The van der Waals surface area contributed by atoms with Crippen LogP contribution in [0.1, 0.15) is 33.6 Å². The Morgan fingerprint density at radius 2 is 2.25 bits per heavy atom. The van der Waals surface area contributed by atoms with Crippen LogP contribution in [0.4, 0.5) is 4.79 Å². The van der Waals surface area contributed by atoms with Crippen LogP contribution in [0, 0.1) is 12.5 Å². The predicted octanol–water partition coefficient (Wildman–Crippen LogP) is 2.55. The number of carbonyl (C=O) groups excluding carboxylic acids is 1. The summed E-state index contributed by atoms with van der Waals surface area (Å²) in [5.41, 5.74) is -0.425. The molecule has 0 spiro atoms. The molecule has 1 fully saturated rings. The summed E-state index contributed by atoms with van der Waals surface area (Å²) in [6.45, 7) is 14.4. The van der Waals surface area contributed by atoms with Crippen molar-refractivity contribution in [3.05, 3.63) is 11.4 Å². The summed E-state index contributed by atoms with van der Waals surface area (Å²) in [6.07, 6.45) is 1.66. The van der Waals surface area contributed by atoms with E-state index in [1.165, 1.54) is 0 Å². The summed E-state index contributed by atoms with van der Waals surface area (Å²) in [5.74, 6) is 0.474. The molecule has 0 aromatic carbocycles. The van der Waals surface area contributed by atoms with E-state index in [1.807, 2.05) is 20.8 Å². The molecule has 0 aromatic rings. The van der Waals surface area contributed by atoms with Crippen molar-refractivity contribution < 1.29 is 9.53 Å². The van der Waals surface area contributed by atoms with Gasteiger partial charge in [-0.1, -0.05) is 0 Å². The molecular weight excluding hydrogens is 204 g/mol. The van der Waals surface area contributed by atoms with Crippen molar-refractivity contribution in [1.29, 1.82) is 0 Å². The molecule has 1 rings (SSSR count). The lowest BCUT2D eigenvalue weighted by molar-refractivity contribution is 0.0288. The Hall–Kier alpha value is -1.24. The molecule has 1 aliphatic rings. The number of likely N-dealkylation sites (tertiary alicyclic amines) is 1. The molecule has 1 heterocycles. The number of carbonyl (C=O) groups is 1. The highest BCUT2D eigenvalue weighted by molar-refractivity contribution is 5.68. The first-order valence-electron chi connectivity index (χ1n) is 5.73. The molecule has 4 nitrogen and oxygen atoms in total. The van der Waals surface area contributed by atoms with Crippen molar-refractivity contribution in [2.75, 3.05) is 19.6 Å². The van der Waals surface area contributed by atoms with E-state index < -0.39 is 5.60 Å². The predicted molar refractivity (Wildman–Crippen MR) is 62.0 cm³/mol. The fraction of sp³-hybridized carbons (Fsp3) is 0.833. The minimum Gasteiger partial charge on any atom is -0.444 e. The van der Waals surface area contributed by atoms with Gasteiger partial charge in [0.05, 0.1) is 0 Å². The fourth-order valence-corrected chi connectivity index (χ4v) is 1.81. The molecule has 1 aliphatic heterocycles. The molecule has 4 heteroatoms. The molecular formula is C12H20N2O2. The van der Waals surface area contributed by atoms with Crippen LogP contribution in [0.3, 0.4) is 0 Å². The summed E-state index contributed by atoms with van der Waals surface area (Å²) in [5, 5.41) is 0. The second-order valence-corrected chi connectivity index (χ2v) is 5.25. The van der Waals surface area contributed by atoms with Gasteiger partial charge in [-0.15, -0.1) is 0 Å². The third-order valence-corrected chi connectivity index (χ3v) is 2.59. The van der Waals surface area contributed by atoms with Crippen molar-refractivity contribution in [1.82, 2.24) is 4.90 Å². The Bertz CT molecular complexity index is 288. The SMILES string of the molecule is [C-]#[N+]CCC1CCN(C(=O)OC(C)(C)C)C1. The van der Waals surface area contributed by atoms with Crippen molar-refractivity contribution >= 4 is 6.09 Å². The van der Waals surface area contributed by atoms with E-state index in [4.69, 9.17) is 11.3 Å². The van der Waals surface area contributed by atoms with Crippen LogP contribution in [-0.2, 0) is 4.74 Å². The summed E-state index contributed by atoms with van der Waals surface area (Å²) >= 11 is 0. The molecule has 90 valence electrons. The number of rotatable bonds is 2. The van der Waals surface area contributed by atoms with Gasteiger partial charge in [-0.05, 0) is 33.1 Å². The van der Waals surface area contributed by atoms with E-state index in [9.17, 15) is 4.79 Å². The van der Waals surface area contributed by atoms with Crippen molar-refractivity contribution in [3.63, 3.8) is 0 Å². The van der Waals surface area contributed by atoms with Gasteiger partial charge in [0.2, 0.25) is 6.54 Å². The second-order valence-electron chi connectivity index (χ2n) is 5.25. The molecule has 1 atom stereocenters. The van der Waals surface area contributed by atoms with E-state index in [1.54, 1.807) is 4.90 Å². The topological polar surface area (TPSA) is 33.9 Å². The van der Waals surface area contributed by atoms with Crippen LogP contribution >= 0.6 is 0 Å². The van der Waals surface area contributed by atoms with Crippen LogP contribution in [0.5, 0.6) is 0 Å². The molecule has 0 saturated carbocycles.